The summed E-state index contributed by atoms with van der Waals surface area (Å²) in [5.41, 5.74) is 30.7. The van der Waals surface area contributed by atoms with Crippen LogP contribution in [0.3, 0.4) is 0 Å². The monoisotopic (exact) mass is 1150 g/mol. The molecule has 0 bridgehead atoms. The van der Waals surface area contributed by atoms with Gasteiger partial charge in [-0.05, 0) is 186 Å². The second kappa shape index (κ2) is 19.0. The van der Waals surface area contributed by atoms with Crippen LogP contribution in [0.25, 0.3) is 88.4 Å². The van der Waals surface area contributed by atoms with E-state index in [9.17, 15) is 0 Å². The van der Waals surface area contributed by atoms with E-state index in [1.165, 1.54) is 83.5 Å². The third kappa shape index (κ3) is 7.13. The fourth-order valence-electron chi connectivity index (χ4n) is 16.5. The van der Waals surface area contributed by atoms with Gasteiger partial charge < -0.3 is 18.6 Å². The molecule has 428 valence electrons. The molecule has 0 saturated carbocycles. The molecule has 12 aromatic carbocycles. The lowest BCUT2D eigenvalue weighted by Crippen LogP contribution is -2.26. The highest BCUT2D eigenvalue weighted by molar-refractivity contribution is 6.15. The Bertz CT molecular complexity index is 5210. The van der Waals surface area contributed by atoms with Crippen LogP contribution < -0.4 is 9.80 Å². The Morgan fingerprint density at radius 3 is 1.20 bits per heavy atom. The van der Waals surface area contributed by atoms with Gasteiger partial charge in [0.15, 0.2) is 0 Å². The third-order valence-electron chi connectivity index (χ3n) is 20.6. The van der Waals surface area contributed by atoms with Gasteiger partial charge in [0, 0.05) is 44.4 Å². The van der Waals surface area contributed by atoms with Crippen LogP contribution in [0.2, 0.25) is 0 Å². The number of hydrogen-bond donors (Lipinski definition) is 0. The van der Waals surface area contributed by atoms with Crippen LogP contribution in [0, 0.1) is 0 Å². The molecule has 4 aliphatic rings. The molecule has 0 radical (unpaired) electrons. The van der Waals surface area contributed by atoms with E-state index in [0.29, 0.717) is 0 Å². The predicted molar refractivity (Wildman–Crippen MR) is 374 cm³/mol. The molecule has 2 heterocycles. The maximum atomic E-state index is 6.80. The zero-order valence-corrected chi connectivity index (χ0v) is 50.9. The smallest absolute Gasteiger partial charge is 0.137 e. The first-order valence-corrected chi connectivity index (χ1v) is 31.4. The van der Waals surface area contributed by atoms with Gasteiger partial charge in [-0.1, -0.05) is 228 Å². The highest BCUT2D eigenvalue weighted by atomic mass is 16.3. The number of nitrogens with zero attached hydrogens (tertiary/aromatic N) is 2. The lowest BCUT2D eigenvalue weighted by Gasteiger charge is -2.33. The molecule has 0 fully saturated rings. The average molecular weight is 1160 g/mol. The van der Waals surface area contributed by atoms with Gasteiger partial charge in [-0.3, -0.25) is 0 Å². The van der Waals surface area contributed by atoms with E-state index in [1.807, 2.05) is 0 Å². The van der Waals surface area contributed by atoms with Crippen molar-refractivity contribution in [3.8, 4) is 33.4 Å². The van der Waals surface area contributed by atoms with Gasteiger partial charge in [0.05, 0.1) is 27.6 Å². The largest absolute Gasteiger partial charge is 0.456 e. The molecule has 4 nitrogen and oxygen atoms in total. The second-order valence-corrected chi connectivity index (χ2v) is 26.0. The number of hydrogen-bond acceptors (Lipinski definition) is 4. The van der Waals surface area contributed by atoms with Crippen molar-refractivity contribution >= 4 is 89.1 Å². The fraction of sp³-hybridized carbons (Fsp3) is 0.0930. The van der Waals surface area contributed by atoms with E-state index in [0.717, 1.165) is 94.7 Å². The summed E-state index contributed by atoms with van der Waals surface area (Å²) in [6.07, 6.45) is 4.58. The summed E-state index contributed by atoms with van der Waals surface area (Å²) in [6.45, 7) is 16.4. The number of rotatable bonds is 9. The first-order valence-electron chi connectivity index (χ1n) is 31.4. The van der Waals surface area contributed by atoms with Gasteiger partial charge in [-0.2, -0.15) is 0 Å². The van der Waals surface area contributed by atoms with Crippen LogP contribution in [-0.4, -0.2) is 0 Å². The number of para-hydroxylation sites is 2. The molecule has 0 N–H and O–H groups in total. The third-order valence-corrected chi connectivity index (χ3v) is 20.6. The number of benzene rings is 12. The van der Waals surface area contributed by atoms with Crippen LogP contribution in [0.1, 0.15) is 84.7 Å². The van der Waals surface area contributed by atoms with E-state index in [1.54, 1.807) is 0 Å². The molecule has 14 aromatic rings. The lowest BCUT2D eigenvalue weighted by molar-refractivity contribution is 0.660. The highest BCUT2D eigenvalue weighted by Gasteiger charge is 2.52. The van der Waals surface area contributed by atoms with Gasteiger partial charge >= 0.3 is 0 Å². The van der Waals surface area contributed by atoms with Crippen LogP contribution in [0.4, 0.5) is 34.1 Å². The molecule has 0 atom stereocenters. The molecule has 0 saturated heterocycles. The SMILES string of the molecule is C=CC1=C(/C=C(\C)c2cc(N(c3ccc4c(c3)C(C)(C)c3ccccc3-4)c3cccc4oc5ccccc5c34)cc(N(c3ccc4c(c3)C(C)(C)c3ccccc3-4)c3cccc4oc5ccccc5c34)c2)C2(c3ccccc31)c1ccccc1-c1ccccc12. The Morgan fingerprint density at radius 2 is 0.733 bits per heavy atom. The van der Waals surface area contributed by atoms with E-state index in [-0.39, 0.29) is 10.8 Å². The molecular formula is C86H62N2O2. The minimum Gasteiger partial charge on any atom is -0.456 e. The lowest BCUT2D eigenvalue weighted by atomic mass is 9.69. The normalized spacial score (nSPS) is 15.1. The zero-order valence-electron chi connectivity index (χ0n) is 50.9. The van der Waals surface area contributed by atoms with Crippen molar-refractivity contribution < 1.29 is 8.83 Å². The summed E-state index contributed by atoms with van der Waals surface area (Å²) in [5, 5.41) is 4.21. The summed E-state index contributed by atoms with van der Waals surface area (Å²) in [7, 11) is 0. The van der Waals surface area contributed by atoms with E-state index >= 15 is 0 Å². The van der Waals surface area contributed by atoms with Gasteiger partial charge in [-0.25, -0.2) is 0 Å². The summed E-state index contributed by atoms with van der Waals surface area (Å²) in [5.74, 6) is 0. The summed E-state index contributed by atoms with van der Waals surface area (Å²) >= 11 is 0. The van der Waals surface area contributed by atoms with Crippen molar-refractivity contribution in [3.05, 3.63) is 335 Å². The number of furan rings is 2. The Kier molecular flexibility index (Phi) is 11.0. The number of fused-ring (bicyclic) bond motifs is 19. The highest BCUT2D eigenvalue weighted by Crippen LogP contribution is 2.63. The molecule has 90 heavy (non-hydrogen) atoms. The molecule has 2 aromatic heterocycles. The minimum absolute atomic E-state index is 0.263. The van der Waals surface area contributed by atoms with Crippen molar-refractivity contribution in [1.29, 1.82) is 0 Å². The first kappa shape index (κ1) is 52.2. The van der Waals surface area contributed by atoms with Crippen LogP contribution in [0.5, 0.6) is 0 Å². The molecule has 4 aliphatic carbocycles. The Labute approximate surface area is 524 Å². The number of anilines is 6. The average Bonchev–Trinajstić information content (AvgIpc) is 1.52. The van der Waals surface area contributed by atoms with Crippen LogP contribution >= 0.6 is 0 Å². The van der Waals surface area contributed by atoms with E-state index < -0.39 is 5.41 Å². The van der Waals surface area contributed by atoms with E-state index in [2.05, 4.69) is 324 Å². The molecule has 0 aliphatic heterocycles. The van der Waals surface area contributed by atoms with Gasteiger partial charge in [0.25, 0.3) is 0 Å². The Morgan fingerprint density at radius 1 is 0.356 bits per heavy atom. The Balaban J connectivity index is 0.954. The molecule has 4 heteroatoms. The topological polar surface area (TPSA) is 32.8 Å². The van der Waals surface area contributed by atoms with Crippen molar-refractivity contribution in [3.63, 3.8) is 0 Å². The van der Waals surface area contributed by atoms with E-state index in [4.69, 9.17) is 8.83 Å². The minimum atomic E-state index is -0.605. The maximum Gasteiger partial charge on any atom is 0.137 e. The van der Waals surface area contributed by atoms with Crippen molar-refractivity contribution in [2.24, 2.45) is 0 Å². The Hall–Kier alpha value is -10.9. The first-order chi connectivity index (χ1) is 44.0. The van der Waals surface area contributed by atoms with Gasteiger partial charge in [0.1, 0.15) is 22.3 Å². The van der Waals surface area contributed by atoms with Gasteiger partial charge in [-0.15, -0.1) is 0 Å². The second-order valence-electron chi connectivity index (χ2n) is 26.0. The van der Waals surface area contributed by atoms with Crippen LogP contribution in [0.15, 0.2) is 294 Å². The maximum absolute atomic E-state index is 6.80. The summed E-state index contributed by atoms with van der Waals surface area (Å²) < 4.78 is 13.6. The molecule has 0 unspecified atom stereocenters. The van der Waals surface area contributed by atoms with Gasteiger partial charge in [0.2, 0.25) is 0 Å². The van der Waals surface area contributed by atoms with Crippen molar-refractivity contribution in [2.45, 2.75) is 50.9 Å². The van der Waals surface area contributed by atoms with Crippen molar-refractivity contribution in [1.82, 2.24) is 0 Å². The zero-order chi connectivity index (χ0) is 60.4. The van der Waals surface area contributed by atoms with Crippen molar-refractivity contribution in [2.75, 3.05) is 9.80 Å². The molecule has 1 spiro atoms. The predicted octanol–water partition coefficient (Wildman–Crippen LogP) is 23.4. The van der Waals surface area contributed by atoms with Crippen LogP contribution in [-0.2, 0) is 16.2 Å². The summed E-state index contributed by atoms with van der Waals surface area (Å²) in [6, 6.07) is 96.5. The fourth-order valence-corrected chi connectivity index (χ4v) is 16.5. The number of allylic oxidation sites excluding steroid dienone is 5. The quantitative estimate of drug-likeness (QED) is 0.144. The standard InChI is InChI=1S/C86H62N2O2/c1-7-58-59-24-10-17-33-70(59)86(71-34-18-11-27-62(71)63-28-12-19-35-72(63)86)75(58)46-52(2)53-47-56(87(76-36-22-40-80-82(76)66-29-13-20-38-78(66)89-80)54-42-44-64-60-25-8-15-31-68(60)84(3,4)73(64)50-54)49-57(48-53)88(77-37-23-41-81-83(77)67-30-14-21-39-79(67)90-81)55-43-45-65-61-26-9-16-32-69(61)85(5,6)74(65)51-55/h7-51H,1H2,2-6H3/b52-46+. The molecule has 0 amide bonds. The molecular weight excluding hydrogens is 1090 g/mol. The summed E-state index contributed by atoms with van der Waals surface area (Å²) in [4.78, 5) is 5.01. The molecule has 18 rings (SSSR count).